The Balaban J connectivity index is 1.68. The lowest BCUT2D eigenvalue weighted by Crippen LogP contribution is -2.36. The third-order valence-electron chi connectivity index (χ3n) is 7.51. The molecule has 17 nitrogen and oxygen atoms in total. The van der Waals surface area contributed by atoms with Crippen molar-refractivity contribution >= 4 is 23.6 Å². The number of carbonyl (C=O) groups is 4. The molecule has 0 aliphatic rings. The predicted octanol–water partition coefficient (Wildman–Crippen LogP) is -0.245. The maximum absolute atomic E-state index is 13.6. The number of nitrogens with one attached hydrogen (secondary N) is 3. The first kappa shape index (κ1) is 37.6. The molecule has 0 unspecified atom stereocenters. The number of aromatic nitrogens is 2. The van der Waals surface area contributed by atoms with Gasteiger partial charge in [0.1, 0.15) is 0 Å². The average Bonchev–Trinajstić information content (AvgIpc) is 3.07. The molecule has 0 aliphatic carbocycles. The number of phenolic OH excluding ortho intramolecular Hbond substituents is 2. The van der Waals surface area contributed by atoms with Gasteiger partial charge in [0, 0.05) is 66.3 Å². The fraction of sp³-hybridized carbons (Fsp3) is 0.375. The summed E-state index contributed by atoms with van der Waals surface area (Å²) in [4.78, 5) is 76.3. The molecule has 0 saturated carbocycles. The van der Waals surface area contributed by atoms with Crippen molar-refractivity contribution in [3.8, 4) is 23.0 Å². The zero-order valence-electron chi connectivity index (χ0n) is 27.3. The van der Waals surface area contributed by atoms with Gasteiger partial charge in [0.05, 0.1) is 28.9 Å². The van der Waals surface area contributed by atoms with Gasteiger partial charge in [0.25, 0.3) is 34.7 Å². The number of pyridine rings is 2. The molecule has 2 heterocycles. The van der Waals surface area contributed by atoms with E-state index in [1.807, 2.05) is 0 Å². The summed E-state index contributed by atoms with van der Waals surface area (Å²) in [5.74, 6) is -5.72. The maximum atomic E-state index is 13.6. The minimum atomic E-state index is -0.801. The summed E-state index contributed by atoms with van der Waals surface area (Å²) in [6, 6.07) is 4.99. The van der Waals surface area contributed by atoms with Crippen LogP contribution in [0.5, 0.6) is 23.0 Å². The summed E-state index contributed by atoms with van der Waals surface area (Å²) < 4.78 is 7.11. The minimum absolute atomic E-state index is 0.0329. The highest BCUT2D eigenvalue weighted by Gasteiger charge is 2.25. The minimum Gasteiger partial charge on any atom is -0.504 e. The van der Waals surface area contributed by atoms with Crippen LogP contribution in [0.4, 0.5) is 0 Å². The molecule has 0 radical (unpaired) electrons. The second kappa shape index (κ2) is 17.4. The Labute approximate surface area is 280 Å². The molecule has 3 rings (SSSR count). The Morgan fingerprint density at radius 3 is 1.59 bits per heavy atom. The van der Waals surface area contributed by atoms with Crippen molar-refractivity contribution in [1.82, 2.24) is 30.0 Å². The van der Waals surface area contributed by atoms with Gasteiger partial charge in [-0.1, -0.05) is 0 Å². The molecule has 7 N–H and O–H groups in total. The van der Waals surface area contributed by atoms with Crippen molar-refractivity contribution < 1.29 is 44.3 Å². The maximum Gasteiger partial charge on any atom is 0.293 e. The molecule has 0 atom stereocenters. The Kier molecular flexibility index (Phi) is 13.3. The summed E-state index contributed by atoms with van der Waals surface area (Å²) in [7, 11) is 4.30. The van der Waals surface area contributed by atoms with Crippen LogP contribution in [0.1, 0.15) is 60.7 Å². The van der Waals surface area contributed by atoms with Crippen LogP contribution in [0.25, 0.3) is 0 Å². The van der Waals surface area contributed by atoms with E-state index in [1.54, 1.807) is 0 Å². The van der Waals surface area contributed by atoms with Gasteiger partial charge in [-0.05, 0) is 43.5 Å². The Morgan fingerprint density at radius 1 is 0.633 bits per heavy atom. The fourth-order valence-electron chi connectivity index (χ4n) is 4.67. The van der Waals surface area contributed by atoms with Gasteiger partial charge in [-0.2, -0.15) is 0 Å². The number of hydrogen-bond donors (Lipinski definition) is 7. The standard InChI is InChI=1S/C32H40N6O11/c1-36-16-9-20(25(41)31(36)47)28(44)33-11-4-5-14-38(15-6-12-34-29(45)21-10-17-37(2)32(48)26(21)42)30(46)22-8-7-19(23(39)24(22)40)27(43)35-13-18-49-3/h7-10,16-17,39-42H,4-6,11-15,18H2,1-3H3,(H,33,44)(H,34,45)(H,35,43). The summed E-state index contributed by atoms with van der Waals surface area (Å²) in [5.41, 5.74) is -2.40. The van der Waals surface area contributed by atoms with E-state index >= 15 is 0 Å². The van der Waals surface area contributed by atoms with E-state index in [-0.39, 0.29) is 68.0 Å². The number of rotatable bonds is 16. The van der Waals surface area contributed by atoms with Crippen molar-refractivity contribution in [3.63, 3.8) is 0 Å². The molecule has 0 saturated heterocycles. The molecule has 4 amide bonds. The number of methoxy groups -OCH3 is 1. The van der Waals surface area contributed by atoms with E-state index < -0.39 is 57.7 Å². The molecule has 264 valence electrons. The highest BCUT2D eigenvalue weighted by Crippen LogP contribution is 2.33. The highest BCUT2D eigenvalue weighted by atomic mass is 16.5. The van der Waals surface area contributed by atoms with Crippen LogP contribution in [0.3, 0.4) is 0 Å². The number of carbonyl (C=O) groups excluding carboxylic acids is 4. The van der Waals surface area contributed by atoms with E-state index in [2.05, 4.69) is 16.0 Å². The first-order valence-electron chi connectivity index (χ1n) is 15.2. The first-order valence-corrected chi connectivity index (χ1v) is 15.2. The van der Waals surface area contributed by atoms with Gasteiger partial charge in [0.15, 0.2) is 23.0 Å². The number of hydrogen-bond acceptors (Lipinski definition) is 11. The van der Waals surface area contributed by atoms with Crippen LogP contribution in [0, 0.1) is 0 Å². The number of nitrogens with zero attached hydrogens (tertiary/aromatic N) is 3. The van der Waals surface area contributed by atoms with Crippen molar-refractivity contribution in [3.05, 3.63) is 79.6 Å². The molecule has 0 spiro atoms. The third-order valence-corrected chi connectivity index (χ3v) is 7.51. The average molecular weight is 685 g/mol. The largest absolute Gasteiger partial charge is 0.504 e. The van der Waals surface area contributed by atoms with Crippen LogP contribution in [-0.4, -0.2) is 105 Å². The molecule has 0 bridgehead atoms. The van der Waals surface area contributed by atoms with Crippen molar-refractivity contribution in [2.24, 2.45) is 14.1 Å². The van der Waals surface area contributed by atoms with Crippen LogP contribution in [0.15, 0.2) is 46.2 Å². The van der Waals surface area contributed by atoms with Crippen molar-refractivity contribution in [2.75, 3.05) is 46.4 Å². The molecule has 49 heavy (non-hydrogen) atoms. The molecule has 0 fully saturated rings. The highest BCUT2D eigenvalue weighted by molar-refractivity contribution is 6.03. The van der Waals surface area contributed by atoms with Gasteiger partial charge in [-0.15, -0.1) is 0 Å². The summed E-state index contributed by atoms with van der Waals surface area (Å²) in [5, 5.41) is 49.0. The van der Waals surface area contributed by atoms with E-state index in [9.17, 15) is 49.2 Å². The summed E-state index contributed by atoms with van der Waals surface area (Å²) >= 11 is 0. The number of amides is 4. The van der Waals surface area contributed by atoms with Gasteiger partial charge in [-0.25, -0.2) is 0 Å². The normalized spacial score (nSPS) is 10.8. The summed E-state index contributed by atoms with van der Waals surface area (Å²) in [6.07, 6.45) is 3.58. The second-order valence-electron chi connectivity index (χ2n) is 11.0. The van der Waals surface area contributed by atoms with Gasteiger partial charge < -0.3 is 55.1 Å². The summed E-state index contributed by atoms with van der Waals surface area (Å²) in [6.45, 7) is 0.680. The third kappa shape index (κ3) is 9.38. The molecular formula is C32H40N6O11. The molecule has 1 aromatic carbocycles. The van der Waals surface area contributed by atoms with Crippen LogP contribution in [-0.2, 0) is 18.8 Å². The molecule has 3 aromatic rings. The number of ether oxygens (including phenoxy) is 1. The number of phenols is 2. The van der Waals surface area contributed by atoms with Crippen molar-refractivity contribution in [1.29, 1.82) is 0 Å². The number of aromatic hydroxyl groups is 4. The van der Waals surface area contributed by atoms with Gasteiger partial charge in [-0.3, -0.25) is 28.8 Å². The predicted molar refractivity (Wildman–Crippen MR) is 175 cm³/mol. The smallest absolute Gasteiger partial charge is 0.293 e. The van der Waals surface area contributed by atoms with E-state index in [0.717, 1.165) is 9.13 Å². The fourth-order valence-corrected chi connectivity index (χ4v) is 4.67. The monoisotopic (exact) mass is 684 g/mol. The molecule has 2 aromatic heterocycles. The molecule has 17 heteroatoms. The lowest BCUT2D eigenvalue weighted by molar-refractivity contribution is 0.0744. The van der Waals surface area contributed by atoms with Gasteiger partial charge >= 0.3 is 0 Å². The van der Waals surface area contributed by atoms with Crippen LogP contribution < -0.4 is 27.1 Å². The topological polar surface area (TPSA) is 242 Å². The number of unbranched alkanes of at least 4 members (excludes halogenated alkanes) is 1. The SMILES string of the molecule is COCCNC(=O)c1ccc(C(=O)N(CCCCNC(=O)c2ccn(C)c(=O)c2O)CCCNC(=O)c2ccn(C)c(=O)c2O)c(O)c1O. The van der Waals surface area contributed by atoms with Crippen LogP contribution in [0.2, 0.25) is 0 Å². The van der Waals surface area contributed by atoms with Crippen LogP contribution >= 0.6 is 0 Å². The van der Waals surface area contributed by atoms with E-state index in [4.69, 9.17) is 4.74 Å². The lowest BCUT2D eigenvalue weighted by Gasteiger charge is -2.24. The number of benzene rings is 1. The lowest BCUT2D eigenvalue weighted by atomic mass is 10.1. The zero-order valence-corrected chi connectivity index (χ0v) is 27.3. The zero-order chi connectivity index (χ0) is 36.2. The Hall–Kier alpha value is -5.84. The van der Waals surface area contributed by atoms with E-state index in [0.29, 0.717) is 12.8 Å². The second-order valence-corrected chi connectivity index (χ2v) is 11.0. The first-order chi connectivity index (χ1) is 23.3. The Bertz CT molecular complexity index is 1820. The quantitative estimate of drug-likeness (QED) is 0.0767. The Morgan fingerprint density at radius 2 is 1.06 bits per heavy atom. The van der Waals surface area contributed by atoms with Crippen molar-refractivity contribution in [2.45, 2.75) is 19.3 Å². The molecular weight excluding hydrogens is 644 g/mol. The molecule has 0 aliphatic heterocycles. The number of aryl methyl sites for hydroxylation is 2. The van der Waals surface area contributed by atoms with E-state index in [1.165, 1.54) is 62.8 Å². The van der Waals surface area contributed by atoms with Gasteiger partial charge in [0.2, 0.25) is 0 Å².